The van der Waals surface area contributed by atoms with Crippen molar-refractivity contribution in [2.24, 2.45) is 0 Å². The first-order chi connectivity index (χ1) is 12.1. The zero-order valence-electron chi connectivity index (χ0n) is 16.1. The quantitative estimate of drug-likeness (QED) is 0.268. The van der Waals surface area contributed by atoms with Gasteiger partial charge in [-0.05, 0) is 18.3 Å². The molecule has 0 unspecified atom stereocenters. The summed E-state index contributed by atoms with van der Waals surface area (Å²) in [6.07, 6.45) is 1.05. The molecule has 0 aromatic heterocycles. The maximum Gasteiger partial charge on any atom is 2.00 e. The van der Waals surface area contributed by atoms with Gasteiger partial charge >= 0.3 is 21.7 Å². The van der Waals surface area contributed by atoms with Gasteiger partial charge in [0, 0.05) is 0 Å². The normalized spacial score (nSPS) is 11.3. The molecule has 1 aliphatic rings. The van der Waals surface area contributed by atoms with Gasteiger partial charge in [0.15, 0.2) is 0 Å². The molecule has 1 heteroatoms. The zero-order valence-corrected chi connectivity index (χ0v) is 17.7. The van der Waals surface area contributed by atoms with Crippen molar-refractivity contribution < 1.29 is 21.7 Å². The Bertz CT molecular complexity index is 779. The van der Waals surface area contributed by atoms with E-state index in [0.717, 1.165) is 6.42 Å². The van der Waals surface area contributed by atoms with E-state index in [1.54, 1.807) is 0 Å². The molecular formula is C25H26Ti. The van der Waals surface area contributed by atoms with Crippen molar-refractivity contribution in [1.82, 2.24) is 0 Å². The van der Waals surface area contributed by atoms with Crippen molar-refractivity contribution in [3.05, 3.63) is 95.1 Å². The minimum absolute atomic E-state index is 0. The van der Waals surface area contributed by atoms with Gasteiger partial charge in [-0.2, -0.15) is 65.2 Å². The smallest absolute Gasteiger partial charge is 0.179 e. The van der Waals surface area contributed by atoms with Crippen LogP contribution in [0.15, 0.2) is 60.7 Å². The summed E-state index contributed by atoms with van der Waals surface area (Å²) < 4.78 is 0. The minimum Gasteiger partial charge on any atom is -0.179 e. The van der Waals surface area contributed by atoms with Crippen molar-refractivity contribution >= 4 is 0 Å². The van der Waals surface area contributed by atoms with Crippen LogP contribution in [0.5, 0.6) is 0 Å². The van der Waals surface area contributed by atoms with E-state index in [9.17, 15) is 0 Å². The molecule has 0 radical (unpaired) electrons. The molecule has 26 heavy (non-hydrogen) atoms. The predicted octanol–water partition coefficient (Wildman–Crippen LogP) is 6.79. The van der Waals surface area contributed by atoms with Crippen LogP contribution in [-0.2, 0) is 28.1 Å². The summed E-state index contributed by atoms with van der Waals surface area (Å²) in [4.78, 5) is 0. The molecule has 0 N–H and O–H groups in total. The Morgan fingerprint density at radius 2 is 1.35 bits per heavy atom. The summed E-state index contributed by atoms with van der Waals surface area (Å²) in [5, 5.41) is 0. The Kier molecular flexibility index (Phi) is 7.44. The van der Waals surface area contributed by atoms with E-state index >= 15 is 0 Å². The standard InChI is InChI=1S/C13H9.C12H17.Ti/c1-3-7-12-10(5-1)9-11-6-2-4-8-13(11)12;1-9(2)11-6-5-7-12(8-11)10(3)4;/h1-5,7-8H,9H2;5-7,9-10H,1-4H3;/q2*-1;+2. The van der Waals surface area contributed by atoms with Gasteiger partial charge in [0.2, 0.25) is 0 Å². The maximum atomic E-state index is 3.44. The Hall–Kier alpha value is -1.63. The summed E-state index contributed by atoms with van der Waals surface area (Å²) in [6, 6.07) is 28.0. The molecule has 4 rings (SSSR count). The molecule has 0 nitrogen and oxygen atoms in total. The van der Waals surface area contributed by atoms with Gasteiger partial charge < -0.3 is 0 Å². The average molecular weight is 374 g/mol. The van der Waals surface area contributed by atoms with Crippen LogP contribution in [0.2, 0.25) is 0 Å². The molecule has 130 valence electrons. The van der Waals surface area contributed by atoms with Crippen LogP contribution in [0.25, 0.3) is 11.1 Å². The van der Waals surface area contributed by atoms with E-state index in [1.807, 2.05) is 6.07 Å². The van der Waals surface area contributed by atoms with Gasteiger partial charge in [0.1, 0.15) is 0 Å². The van der Waals surface area contributed by atoms with Crippen LogP contribution < -0.4 is 0 Å². The third kappa shape index (κ3) is 4.75. The number of benzene rings is 3. The van der Waals surface area contributed by atoms with Crippen molar-refractivity contribution in [3.8, 4) is 11.1 Å². The molecule has 0 saturated carbocycles. The third-order valence-electron chi connectivity index (χ3n) is 4.70. The van der Waals surface area contributed by atoms with Gasteiger partial charge in [-0.25, -0.2) is 0 Å². The summed E-state index contributed by atoms with van der Waals surface area (Å²) >= 11 is 0. The SMILES string of the molecule is CC(C)c1[c-]c(C(C)C)ccc1.[Ti+2].[c-]1cccc2c1Cc1ccccc1-2. The van der Waals surface area contributed by atoms with E-state index in [4.69, 9.17) is 0 Å². The monoisotopic (exact) mass is 374 g/mol. The number of fused-ring (bicyclic) bond motifs is 3. The van der Waals surface area contributed by atoms with Crippen molar-refractivity contribution in [2.75, 3.05) is 0 Å². The van der Waals surface area contributed by atoms with E-state index < -0.39 is 0 Å². The molecule has 0 aliphatic heterocycles. The second-order valence-corrected chi connectivity index (χ2v) is 7.27. The molecule has 0 heterocycles. The molecule has 0 spiro atoms. The predicted molar refractivity (Wildman–Crippen MR) is 107 cm³/mol. The third-order valence-corrected chi connectivity index (χ3v) is 4.70. The fourth-order valence-electron chi connectivity index (χ4n) is 3.18. The second-order valence-electron chi connectivity index (χ2n) is 7.27. The summed E-state index contributed by atoms with van der Waals surface area (Å²) in [5.41, 5.74) is 8.15. The molecule has 0 atom stereocenters. The summed E-state index contributed by atoms with van der Waals surface area (Å²) in [5.74, 6) is 1.17. The van der Waals surface area contributed by atoms with Crippen LogP contribution in [0, 0.1) is 12.1 Å². The first-order valence-electron chi connectivity index (χ1n) is 9.16. The fourth-order valence-corrected chi connectivity index (χ4v) is 3.18. The molecular weight excluding hydrogens is 348 g/mol. The van der Waals surface area contributed by atoms with Crippen LogP contribution >= 0.6 is 0 Å². The number of rotatable bonds is 2. The topological polar surface area (TPSA) is 0 Å². The largest absolute Gasteiger partial charge is 2.00 e. The van der Waals surface area contributed by atoms with Crippen molar-refractivity contribution in [1.29, 1.82) is 0 Å². The van der Waals surface area contributed by atoms with Crippen LogP contribution in [-0.4, -0.2) is 0 Å². The summed E-state index contributed by atoms with van der Waals surface area (Å²) in [7, 11) is 0. The average Bonchev–Trinajstić information content (AvgIpc) is 3.01. The molecule has 3 aromatic carbocycles. The molecule has 0 saturated heterocycles. The Labute approximate surface area is 173 Å². The van der Waals surface area contributed by atoms with Crippen LogP contribution in [0.3, 0.4) is 0 Å². The maximum absolute atomic E-state index is 3.44. The van der Waals surface area contributed by atoms with Gasteiger partial charge in [-0.1, -0.05) is 63.1 Å². The Morgan fingerprint density at radius 3 is 2.00 bits per heavy atom. The molecule has 0 amide bonds. The van der Waals surface area contributed by atoms with Crippen molar-refractivity contribution in [2.45, 2.75) is 46.0 Å². The van der Waals surface area contributed by atoms with E-state index in [-0.39, 0.29) is 21.7 Å². The van der Waals surface area contributed by atoms with E-state index in [1.165, 1.54) is 33.4 Å². The van der Waals surface area contributed by atoms with Crippen LogP contribution in [0.1, 0.15) is 61.8 Å². The minimum atomic E-state index is 0. The van der Waals surface area contributed by atoms with E-state index in [0.29, 0.717) is 11.8 Å². The fraction of sp³-hybridized carbons (Fsp3) is 0.280. The zero-order chi connectivity index (χ0) is 17.8. The van der Waals surface area contributed by atoms with Gasteiger partial charge in [0.05, 0.1) is 0 Å². The number of hydrogen-bond donors (Lipinski definition) is 0. The van der Waals surface area contributed by atoms with Gasteiger partial charge in [-0.3, -0.25) is 0 Å². The molecule has 0 bridgehead atoms. The number of hydrogen-bond acceptors (Lipinski definition) is 0. The molecule has 0 fully saturated rings. The van der Waals surface area contributed by atoms with Gasteiger partial charge in [-0.15, -0.1) is 5.56 Å². The van der Waals surface area contributed by atoms with Crippen LogP contribution in [0.4, 0.5) is 0 Å². The van der Waals surface area contributed by atoms with Gasteiger partial charge in [0.25, 0.3) is 0 Å². The molecule has 3 aromatic rings. The summed E-state index contributed by atoms with van der Waals surface area (Å²) in [6.45, 7) is 8.82. The van der Waals surface area contributed by atoms with E-state index in [2.05, 4.69) is 94.4 Å². The van der Waals surface area contributed by atoms with Crippen molar-refractivity contribution in [3.63, 3.8) is 0 Å². The Morgan fingerprint density at radius 1 is 0.731 bits per heavy atom. The Balaban J connectivity index is 0.000000181. The first-order valence-corrected chi connectivity index (χ1v) is 9.16. The molecule has 1 aliphatic carbocycles. The first kappa shape index (κ1) is 20.7. The second kappa shape index (κ2) is 9.35.